The first-order chi connectivity index (χ1) is 14.1. The lowest BCUT2D eigenvalue weighted by atomic mass is 9.95. The van der Waals surface area contributed by atoms with E-state index < -0.39 is 0 Å². The Kier molecular flexibility index (Phi) is 7.92. The van der Waals surface area contributed by atoms with Crippen LogP contribution in [0.15, 0.2) is 35.3 Å². The van der Waals surface area contributed by atoms with Crippen LogP contribution >= 0.6 is 0 Å². The lowest BCUT2D eigenvalue weighted by molar-refractivity contribution is -0.122. The van der Waals surface area contributed by atoms with Crippen LogP contribution in [-0.2, 0) is 4.79 Å². The Balaban J connectivity index is 1.53. The molecule has 0 bridgehead atoms. The van der Waals surface area contributed by atoms with Crippen molar-refractivity contribution in [3.8, 4) is 0 Å². The fourth-order valence-corrected chi connectivity index (χ4v) is 4.11. The SMILES string of the molecule is CCNC(=NCC1(NC(C)c2ccccc2)CCCC1)NCCNC(=O)C1CC1. The molecule has 3 rings (SSSR count). The topological polar surface area (TPSA) is 77.6 Å². The Morgan fingerprint density at radius 3 is 2.45 bits per heavy atom. The van der Waals surface area contributed by atoms with Crippen molar-refractivity contribution in [2.24, 2.45) is 10.9 Å². The molecule has 1 atom stereocenters. The summed E-state index contributed by atoms with van der Waals surface area (Å²) in [4.78, 5) is 16.6. The van der Waals surface area contributed by atoms with Crippen molar-refractivity contribution in [2.45, 2.75) is 64.0 Å². The molecule has 2 fully saturated rings. The molecule has 2 aliphatic rings. The van der Waals surface area contributed by atoms with Crippen molar-refractivity contribution < 1.29 is 4.79 Å². The van der Waals surface area contributed by atoms with E-state index in [1.54, 1.807) is 0 Å². The predicted octanol–water partition coefficient (Wildman–Crippen LogP) is 2.73. The summed E-state index contributed by atoms with van der Waals surface area (Å²) in [7, 11) is 0. The first-order valence-electron chi connectivity index (χ1n) is 11.2. The predicted molar refractivity (Wildman–Crippen MR) is 119 cm³/mol. The molecule has 0 aromatic heterocycles. The average molecular weight is 400 g/mol. The number of nitrogens with zero attached hydrogens (tertiary/aromatic N) is 1. The van der Waals surface area contributed by atoms with E-state index in [0.717, 1.165) is 44.7 Å². The van der Waals surface area contributed by atoms with E-state index in [1.165, 1.54) is 18.4 Å². The zero-order valence-corrected chi connectivity index (χ0v) is 18.0. The fraction of sp³-hybridized carbons (Fsp3) is 0.652. The van der Waals surface area contributed by atoms with Crippen LogP contribution in [0.3, 0.4) is 0 Å². The Bertz CT molecular complexity index is 665. The molecule has 0 radical (unpaired) electrons. The standard InChI is InChI=1S/C23H37N5O/c1-3-24-22(26-16-15-25-21(29)20-11-12-20)27-17-23(13-7-8-14-23)28-18(2)19-9-5-4-6-10-19/h4-6,9-10,18,20,28H,3,7-8,11-17H2,1-2H3,(H,25,29)(H2,24,26,27). The molecule has 1 unspecified atom stereocenters. The summed E-state index contributed by atoms with van der Waals surface area (Å²) in [5.74, 6) is 1.28. The molecular formula is C23H37N5O. The van der Waals surface area contributed by atoms with Gasteiger partial charge < -0.3 is 21.3 Å². The second kappa shape index (κ2) is 10.6. The maximum atomic E-state index is 11.7. The van der Waals surface area contributed by atoms with E-state index in [1.807, 2.05) is 0 Å². The van der Waals surface area contributed by atoms with E-state index in [-0.39, 0.29) is 17.4 Å². The first-order valence-corrected chi connectivity index (χ1v) is 11.2. The number of hydrogen-bond acceptors (Lipinski definition) is 3. The van der Waals surface area contributed by atoms with Crippen molar-refractivity contribution in [2.75, 3.05) is 26.2 Å². The van der Waals surface area contributed by atoms with E-state index in [9.17, 15) is 4.79 Å². The van der Waals surface area contributed by atoms with Crippen LogP contribution in [0.4, 0.5) is 0 Å². The summed E-state index contributed by atoms with van der Waals surface area (Å²) in [6.07, 6.45) is 6.90. The zero-order valence-electron chi connectivity index (χ0n) is 18.0. The molecule has 1 aromatic carbocycles. The van der Waals surface area contributed by atoms with Crippen molar-refractivity contribution in [3.05, 3.63) is 35.9 Å². The molecule has 0 heterocycles. The van der Waals surface area contributed by atoms with Crippen LogP contribution in [0, 0.1) is 5.92 Å². The minimum Gasteiger partial charge on any atom is -0.357 e. The molecule has 160 valence electrons. The highest BCUT2D eigenvalue weighted by atomic mass is 16.2. The van der Waals surface area contributed by atoms with Gasteiger partial charge in [-0.25, -0.2) is 0 Å². The van der Waals surface area contributed by atoms with Gasteiger partial charge in [-0.2, -0.15) is 0 Å². The Morgan fingerprint density at radius 2 is 1.79 bits per heavy atom. The quantitative estimate of drug-likeness (QED) is 0.277. The van der Waals surface area contributed by atoms with Crippen LogP contribution in [0.25, 0.3) is 0 Å². The van der Waals surface area contributed by atoms with Gasteiger partial charge in [-0.05, 0) is 45.1 Å². The highest BCUT2D eigenvalue weighted by molar-refractivity contribution is 5.81. The third kappa shape index (κ3) is 6.74. The molecular weight excluding hydrogens is 362 g/mol. The molecule has 29 heavy (non-hydrogen) atoms. The molecule has 4 N–H and O–H groups in total. The number of carbonyl (C=O) groups is 1. The molecule has 0 saturated heterocycles. The van der Waals surface area contributed by atoms with Gasteiger partial charge in [0.2, 0.25) is 5.91 Å². The molecule has 0 aliphatic heterocycles. The number of carbonyl (C=O) groups excluding carboxylic acids is 1. The second-order valence-electron chi connectivity index (χ2n) is 8.45. The number of aliphatic imine (C=N–C) groups is 1. The highest BCUT2D eigenvalue weighted by Crippen LogP contribution is 2.32. The average Bonchev–Trinajstić information content (AvgIpc) is 3.50. The Hall–Kier alpha value is -2.08. The van der Waals surface area contributed by atoms with Gasteiger partial charge in [0, 0.05) is 37.1 Å². The Morgan fingerprint density at radius 1 is 1.10 bits per heavy atom. The lowest BCUT2D eigenvalue weighted by Crippen LogP contribution is -2.48. The van der Waals surface area contributed by atoms with Gasteiger partial charge in [0.1, 0.15) is 0 Å². The summed E-state index contributed by atoms with van der Waals surface area (Å²) < 4.78 is 0. The van der Waals surface area contributed by atoms with Crippen molar-refractivity contribution >= 4 is 11.9 Å². The molecule has 0 spiro atoms. The maximum absolute atomic E-state index is 11.7. The smallest absolute Gasteiger partial charge is 0.223 e. The minimum atomic E-state index is 0.0534. The minimum absolute atomic E-state index is 0.0534. The molecule has 2 aliphatic carbocycles. The third-order valence-electron chi connectivity index (χ3n) is 5.93. The van der Waals surface area contributed by atoms with Gasteiger partial charge in [0.25, 0.3) is 0 Å². The largest absolute Gasteiger partial charge is 0.357 e. The number of guanidine groups is 1. The van der Waals surface area contributed by atoms with Gasteiger partial charge in [0.05, 0.1) is 6.54 Å². The molecule has 2 saturated carbocycles. The second-order valence-corrected chi connectivity index (χ2v) is 8.45. The van der Waals surface area contributed by atoms with Crippen molar-refractivity contribution in [1.29, 1.82) is 0 Å². The molecule has 1 amide bonds. The van der Waals surface area contributed by atoms with E-state index in [2.05, 4.69) is 65.4 Å². The highest BCUT2D eigenvalue weighted by Gasteiger charge is 2.35. The number of hydrogen-bond donors (Lipinski definition) is 4. The van der Waals surface area contributed by atoms with Crippen LogP contribution < -0.4 is 21.3 Å². The number of benzene rings is 1. The summed E-state index contributed by atoms with van der Waals surface area (Å²) >= 11 is 0. The zero-order chi connectivity index (χ0) is 20.5. The van der Waals surface area contributed by atoms with E-state index in [0.29, 0.717) is 19.1 Å². The first kappa shape index (κ1) is 21.6. The summed E-state index contributed by atoms with van der Waals surface area (Å²) in [5, 5.41) is 13.6. The maximum Gasteiger partial charge on any atom is 0.223 e. The fourth-order valence-electron chi connectivity index (χ4n) is 4.11. The van der Waals surface area contributed by atoms with Gasteiger partial charge in [-0.1, -0.05) is 43.2 Å². The van der Waals surface area contributed by atoms with E-state index >= 15 is 0 Å². The summed E-state index contributed by atoms with van der Waals surface area (Å²) in [6, 6.07) is 10.9. The number of nitrogens with one attached hydrogen (secondary N) is 4. The van der Waals surface area contributed by atoms with E-state index in [4.69, 9.17) is 4.99 Å². The van der Waals surface area contributed by atoms with Crippen LogP contribution in [0.5, 0.6) is 0 Å². The molecule has 1 aromatic rings. The monoisotopic (exact) mass is 399 g/mol. The van der Waals surface area contributed by atoms with Crippen molar-refractivity contribution in [3.63, 3.8) is 0 Å². The number of amides is 1. The van der Waals surface area contributed by atoms with Crippen LogP contribution in [0.2, 0.25) is 0 Å². The summed E-state index contributed by atoms with van der Waals surface area (Å²) in [5.41, 5.74) is 1.37. The van der Waals surface area contributed by atoms with Crippen LogP contribution in [-0.4, -0.2) is 43.6 Å². The van der Waals surface area contributed by atoms with Gasteiger partial charge >= 0.3 is 0 Å². The Labute approximate surface area is 175 Å². The normalized spacial score (nSPS) is 19.6. The lowest BCUT2D eigenvalue weighted by Gasteiger charge is -2.33. The van der Waals surface area contributed by atoms with Crippen molar-refractivity contribution in [1.82, 2.24) is 21.3 Å². The third-order valence-corrected chi connectivity index (χ3v) is 5.93. The van der Waals surface area contributed by atoms with Gasteiger partial charge in [-0.3, -0.25) is 9.79 Å². The number of rotatable bonds is 10. The van der Waals surface area contributed by atoms with Gasteiger partial charge in [-0.15, -0.1) is 0 Å². The molecule has 6 nitrogen and oxygen atoms in total. The van der Waals surface area contributed by atoms with Crippen LogP contribution in [0.1, 0.15) is 64.0 Å². The molecule has 6 heteroatoms. The summed E-state index contributed by atoms with van der Waals surface area (Å²) in [6.45, 7) is 7.21. The van der Waals surface area contributed by atoms with Gasteiger partial charge in [0.15, 0.2) is 5.96 Å².